The van der Waals surface area contributed by atoms with Gasteiger partial charge in [0.1, 0.15) is 5.92 Å². The molecule has 8 nitrogen and oxygen atoms in total. The Morgan fingerprint density at radius 3 is 2.31 bits per heavy atom. The van der Waals surface area contributed by atoms with Gasteiger partial charge in [-0.3, -0.25) is 4.79 Å². The number of rotatable bonds is 4. The van der Waals surface area contributed by atoms with E-state index in [0.717, 1.165) is 24.3 Å². The van der Waals surface area contributed by atoms with Gasteiger partial charge in [-0.15, -0.1) is 0 Å². The molecule has 142 valence electrons. The largest absolute Gasteiger partial charge is 0.478 e. The molecule has 0 saturated carbocycles. The third kappa shape index (κ3) is 3.43. The van der Waals surface area contributed by atoms with Crippen molar-refractivity contribution < 1.29 is 42.5 Å². The Morgan fingerprint density at radius 2 is 1.85 bits per heavy atom. The van der Waals surface area contributed by atoms with Crippen LogP contribution in [0.2, 0.25) is 0 Å². The van der Waals surface area contributed by atoms with E-state index in [1.807, 2.05) is 0 Å². The van der Waals surface area contributed by atoms with Gasteiger partial charge in [-0.05, 0) is 24.6 Å². The number of amides is 2. The highest BCUT2D eigenvalue weighted by atomic mass is 19.4. The summed E-state index contributed by atoms with van der Waals surface area (Å²) < 4.78 is 44.9. The summed E-state index contributed by atoms with van der Waals surface area (Å²) in [4.78, 5) is 34.7. The van der Waals surface area contributed by atoms with Crippen molar-refractivity contribution in [3.05, 3.63) is 35.4 Å². The van der Waals surface area contributed by atoms with Crippen LogP contribution < -0.4 is 10.6 Å². The molecule has 0 bridgehead atoms. The van der Waals surface area contributed by atoms with Crippen molar-refractivity contribution in [2.24, 2.45) is 5.92 Å². The Bertz CT molecular complexity index is 721. The van der Waals surface area contributed by atoms with Gasteiger partial charge in [-0.2, -0.15) is 13.2 Å². The second-order valence-electron chi connectivity index (χ2n) is 5.50. The summed E-state index contributed by atoms with van der Waals surface area (Å²) in [6.07, 6.45) is -5.37. The van der Waals surface area contributed by atoms with Crippen LogP contribution in [0.4, 0.5) is 18.0 Å². The number of aromatic carboxylic acids is 1. The van der Waals surface area contributed by atoms with E-state index in [1.165, 1.54) is 12.2 Å². The SMILES string of the molecule is CCOC(=O)[C@@H]1[C@@H](c2ccc(C(=O)O)cc2)NC(=O)N[C@]1(O)C(F)(F)F. The number of urea groups is 1. The van der Waals surface area contributed by atoms with Crippen LogP contribution in [-0.2, 0) is 9.53 Å². The highest BCUT2D eigenvalue weighted by Crippen LogP contribution is 2.43. The lowest BCUT2D eigenvalue weighted by Gasteiger charge is -2.44. The molecule has 0 spiro atoms. The Labute approximate surface area is 144 Å². The lowest BCUT2D eigenvalue weighted by molar-refractivity contribution is -0.294. The van der Waals surface area contributed by atoms with E-state index in [1.54, 1.807) is 0 Å². The van der Waals surface area contributed by atoms with E-state index in [0.29, 0.717) is 0 Å². The first-order chi connectivity index (χ1) is 12.0. The van der Waals surface area contributed by atoms with Crippen molar-refractivity contribution >= 4 is 18.0 Å². The van der Waals surface area contributed by atoms with Crippen LogP contribution in [0.15, 0.2) is 24.3 Å². The predicted molar refractivity (Wildman–Crippen MR) is 78.9 cm³/mol. The Kier molecular flexibility index (Phi) is 5.12. The zero-order chi connectivity index (χ0) is 19.7. The molecule has 0 aliphatic carbocycles. The van der Waals surface area contributed by atoms with Gasteiger partial charge in [0.25, 0.3) is 5.72 Å². The van der Waals surface area contributed by atoms with Gasteiger partial charge in [0, 0.05) is 0 Å². The summed E-state index contributed by atoms with van der Waals surface area (Å²) in [5.41, 5.74) is -4.02. The standard InChI is InChI=1S/C15H15F3N2O6/c1-2-26-12(23)9-10(7-3-5-8(6-4-7)11(21)22)19-13(24)20-14(9,25)15(16,17)18/h3-6,9-10,25H,2H2,1H3,(H,21,22)(H2,19,20,24)/t9-,10+,14+/m0/s1. The lowest BCUT2D eigenvalue weighted by atomic mass is 9.82. The Balaban J connectivity index is 2.54. The molecule has 4 N–H and O–H groups in total. The molecule has 0 aromatic heterocycles. The third-order valence-electron chi connectivity index (χ3n) is 3.86. The quantitative estimate of drug-likeness (QED) is 0.585. The molecule has 1 fully saturated rings. The van der Waals surface area contributed by atoms with Gasteiger partial charge in [0.05, 0.1) is 18.2 Å². The monoisotopic (exact) mass is 376 g/mol. The normalized spacial score (nSPS) is 25.8. The van der Waals surface area contributed by atoms with Crippen LogP contribution in [-0.4, -0.2) is 46.7 Å². The summed E-state index contributed by atoms with van der Waals surface area (Å²) in [5.74, 6) is -4.90. The minimum Gasteiger partial charge on any atom is -0.478 e. The number of ether oxygens (including phenoxy) is 1. The smallest absolute Gasteiger partial charge is 0.437 e. The number of esters is 1. The average molecular weight is 376 g/mol. The third-order valence-corrected chi connectivity index (χ3v) is 3.86. The number of carbonyl (C=O) groups is 3. The number of benzene rings is 1. The molecular formula is C15H15F3N2O6. The van der Waals surface area contributed by atoms with Crippen LogP contribution in [0.1, 0.15) is 28.9 Å². The number of halogens is 3. The minimum atomic E-state index is -5.37. The summed E-state index contributed by atoms with van der Waals surface area (Å²) in [6, 6.07) is 1.53. The van der Waals surface area contributed by atoms with Crippen molar-refractivity contribution in [1.29, 1.82) is 0 Å². The molecule has 11 heteroatoms. The van der Waals surface area contributed by atoms with Crippen molar-refractivity contribution in [2.75, 3.05) is 6.61 Å². The number of carbonyl (C=O) groups excluding carboxylic acids is 2. The van der Waals surface area contributed by atoms with Crippen LogP contribution in [0, 0.1) is 5.92 Å². The fraction of sp³-hybridized carbons (Fsp3) is 0.400. The van der Waals surface area contributed by atoms with Gasteiger partial charge in [0.2, 0.25) is 0 Å². The van der Waals surface area contributed by atoms with E-state index in [2.05, 4.69) is 10.1 Å². The minimum absolute atomic E-state index is 0.00872. The van der Waals surface area contributed by atoms with Crippen molar-refractivity contribution in [1.82, 2.24) is 10.6 Å². The molecule has 1 aromatic carbocycles. The molecular weight excluding hydrogens is 361 g/mol. The molecule has 2 rings (SSSR count). The van der Waals surface area contributed by atoms with Gasteiger partial charge in [-0.25, -0.2) is 9.59 Å². The molecule has 1 aromatic rings. The molecule has 1 aliphatic heterocycles. The van der Waals surface area contributed by atoms with Gasteiger partial charge in [0.15, 0.2) is 0 Å². The highest BCUT2D eigenvalue weighted by molar-refractivity contribution is 5.88. The van der Waals surface area contributed by atoms with Crippen LogP contribution in [0.3, 0.4) is 0 Å². The van der Waals surface area contributed by atoms with E-state index >= 15 is 0 Å². The van der Waals surface area contributed by atoms with Crippen molar-refractivity contribution in [3.63, 3.8) is 0 Å². The highest BCUT2D eigenvalue weighted by Gasteiger charge is 2.67. The maximum atomic E-state index is 13.4. The molecule has 26 heavy (non-hydrogen) atoms. The van der Waals surface area contributed by atoms with Gasteiger partial charge in [-0.1, -0.05) is 12.1 Å². The van der Waals surface area contributed by atoms with E-state index in [-0.39, 0.29) is 17.7 Å². The predicted octanol–water partition coefficient (Wildman–Crippen LogP) is 1.17. The number of carboxylic acids is 1. The van der Waals surface area contributed by atoms with E-state index < -0.39 is 41.8 Å². The average Bonchev–Trinajstić information content (AvgIpc) is 2.53. The fourth-order valence-corrected chi connectivity index (χ4v) is 2.65. The number of hydrogen-bond acceptors (Lipinski definition) is 5. The number of nitrogens with one attached hydrogen (secondary N) is 2. The molecule has 0 radical (unpaired) electrons. The lowest BCUT2D eigenvalue weighted by Crippen LogP contribution is -2.73. The number of hydrogen-bond donors (Lipinski definition) is 4. The number of alkyl halides is 3. The second-order valence-corrected chi connectivity index (χ2v) is 5.50. The van der Waals surface area contributed by atoms with Gasteiger partial charge < -0.3 is 25.6 Å². The first kappa shape index (κ1) is 19.5. The first-order valence-electron chi connectivity index (χ1n) is 7.39. The van der Waals surface area contributed by atoms with Gasteiger partial charge >= 0.3 is 24.1 Å². The maximum Gasteiger partial charge on any atom is 0.437 e. The zero-order valence-corrected chi connectivity index (χ0v) is 13.3. The summed E-state index contributed by atoms with van der Waals surface area (Å²) in [6.45, 7) is 1.12. The van der Waals surface area contributed by atoms with E-state index in [4.69, 9.17) is 5.11 Å². The Hall–Kier alpha value is -2.82. The van der Waals surface area contributed by atoms with Crippen LogP contribution >= 0.6 is 0 Å². The van der Waals surface area contributed by atoms with Crippen LogP contribution in [0.25, 0.3) is 0 Å². The number of carboxylic acid groups (broad SMARTS) is 1. The summed E-state index contributed by atoms with van der Waals surface area (Å²) in [7, 11) is 0. The van der Waals surface area contributed by atoms with E-state index in [9.17, 15) is 32.7 Å². The maximum absolute atomic E-state index is 13.4. The number of aliphatic hydroxyl groups is 1. The van der Waals surface area contributed by atoms with Crippen molar-refractivity contribution in [3.8, 4) is 0 Å². The second kappa shape index (κ2) is 6.83. The first-order valence-corrected chi connectivity index (χ1v) is 7.39. The molecule has 0 unspecified atom stereocenters. The summed E-state index contributed by atoms with van der Waals surface area (Å²) in [5, 5.41) is 22.5. The fourth-order valence-electron chi connectivity index (χ4n) is 2.65. The molecule has 3 atom stereocenters. The molecule has 1 saturated heterocycles. The zero-order valence-electron chi connectivity index (χ0n) is 13.3. The topological polar surface area (TPSA) is 125 Å². The van der Waals surface area contributed by atoms with Crippen LogP contribution in [0.5, 0.6) is 0 Å². The molecule has 2 amide bonds. The van der Waals surface area contributed by atoms with Crippen molar-refractivity contribution in [2.45, 2.75) is 24.9 Å². The summed E-state index contributed by atoms with van der Waals surface area (Å²) >= 11 is 0. The molecule has 1 aliphatic rings. The Morgan fingerprint density at radius 1 is 1.27 bits per heavy atom. The molecule has 1 heterocycles.